The fraction of sp³-hybridized carbons (Fsp3) is 0.0182. The van der Waals surface area contributed by atoms with Gasteiger partial charge in [0.25, 0.3) is 0 Å². The Morgan fingerprint density at radius 2 is 0.947 bits per heavy atom. The molecule has 0 amide bonds. The SMILES string of the molecule is c1ccc(-c2cc(-c3ccccn3)nc3ccc(-c4ccc5cc(-c6cccc7c6-c6ccccc6C7(c6ccccc6)c6ccccc6)ccc5c4)cc23)cc1. The van der Waals surface area contributed by atoms with Gasteiger partial charge in [0.1, 0.15) is 0 Å². The molecule has 0 radical (unpaired) electrons. The second kappa shape index (κ2) is 13.4. The zero-order chi connectivity index (χ0) is 37.8. The van der Waals surface area contributed by atoms with Crippen LogP contribution in [-0.2, 0) is 5.41 Å². The molecule has 1 aliphatic carbocycles. The Bertz CT molecular complexity index is 3060. The van der Waals surface area contributed by atoms with Crippen molar-refractivity contribution in [2.45, 2.75) is 5.41 Å². The molecule has 0 bridgehead atoms. The Morgan fingerprint density at radius 3 is 1.68 bits per heavy atom. The van der Waals surface area contributed by atoms with Crippen LogP contribution < -0.4 is 0 Å². The number of rotatable bonds is 6. The highest BCUT2D eigenvalue weighted by molar-refractivity contribution is 6.01. The van der Waals surface area contributed by atoms with Crippen LogP contribution >= 0.6 is 0 Å². The number of pyridine rings is 2. The molecule has 2 heterocycles. The maximum Gasteiger partial charge on any atom is 0.0900 e. The number of hydrogen-bond donors (Lipinski definition) is 0. The third kappa shape index (κ3) is 5.33. The van der Waals surface area contributed by atoms with Gasteiger partial charge in [-0.25, -0.2) is 4.98 Å². The van der Waals surface area contributed by atoms with Crippen LogP contribution in [-0.4, -0.2) is 9.97 Å². The lowest BCUT2D eigenvalue weighted by molar-refractivity contribution is 0.768. The van der Waals surface area contributed by atoms with Gasteiger partial charge in [0, 0.05) is 11.6 Å². The molecule has 266 valence electrons. The van der Waals surface area contributed by atoms with E-state index < -0.39 is 5.41 Å². The molecule has 2 heteroatoms. The summed E-state index contributed by atoms with van der Waals surface area (Å²) in [5, 5.41) is 3.54. The van der Waals surface area contributed by atoms with Crippen LogP contribution in [0.1, 0.15) is 22.3 Å². The van der Waals surface area contributed by atoms with E-state index >= 15 is 0 Å². The third-order valence-electron chi connectivity index (χ3n) is 11.8. The van der Waals surface area contributed by atoms with Gasteiger partial charge >= 0.3 is 0 Å². The van der Waals surface area contributed by atoms with Crippen LogP contribution in [0.3, 0.4) is 0 Å². The van der Waals surface area contributed by atoms with Crippen molar-refractivity contribution >= 4 is 21.7 Å². The lowest BCUT2D eigenvalue weighted by Gasteiger charge is -2.34. The molecule has 57 heavy (non-hydrogen) atoms. The van der Waals surface area contributed by atoms with Crippen LogP contribution in [0.25, 0.3) is 77.6 Å². The number of nitrogens with zero attached hydrogens (tertiary/aromatic N) is 2. The molecule has 0 atom stereocenters. The van der Waals surface area contributed by atoms with Crippen molar-refractivity contribution in [2.24, 2.45) is 0 Å². The van der Waals surface area contributed by atoms with E-state index in [4.69, 9.17) is 4.98 Å². The van der Waals surface area contributed by atoms with Crippen molar-refractivity contribution in [1.29, 1.82) is 0 Å². The summed E-state index contributed by atoms with van der Waals surface area (Å²) in [6.07, 6.45) is 1.82. The quantitative estimate of drug-likeness (QED) is 0.171. The highest BCUT2D eigenvalue weighted by atomic mass is 14.8. The van der Waals surface area contributed by atoms with Gasteiger partial charge in [-0.15, -0.1) is 0 Å². The van der Waals surface area contributed by atoms with Gasteiger partial charge in [0.15, 0.2) is 0 Å². The molecule has 10 aromatic rings. The van der Waals surface area contributed by atoms with Gasteiger partial charge in [-0.3, -0.25) is 4.98 Å². The highest BCUT2D eigenvalue weighted by Crippen LogP contribution is 2.58. The van der Waals surface area contributed by atoms with Crippen molar-refractivity contribution in [1.82, 2.24) is 9.97 Å². The van der Waals surface area contributed by atoms with E-state index in [0.717, 1.165) is 39.0 Å². The number of benzene rings is 8. The predicted molar refractivity (Wildman–Crippen MR) is 236 cm³/mol. The molecule has 0 unspecified atom stereocenters. The average Bonchev–Trinajstić information content (AvgIpc) is 3.60. The minimum absolute atomic E-state index is 0.425. The summed E-state index contributed by atoms with van der Waals surface area (Å²) in [6.45, 7) is 0. The Morgan fingerprint density at radius 1 is 0.351 bits per heavy atom. The van der Waals surface area contributed by atoms with Gasteiger partial charge in [0.05, 0.1) is 22.3 Å². The first-order chi connectivity index (χ1) is 28.3. The summed E-state index contributed by atoms with van der Waals surface area (Å²) in [4.78, 5) is 9.68. The molecule has 2 nitrogen and oxygen atoms in total. The van der Waals surface area contributed by atoms with Crippen molar-refractivity contribution in [3.63, 3.8) is 0 Å². The molecule has 1 aliphatic rings. The first-order valence-corrected chi connectivity index (χ1v) is 19.6. The number of fused-ring (bicyclic) bond motifs is 5. The minimum Gasteiger partial charge on any atom is -0.255 e. The van der Waals surface area contributed by atoms with E-state index in [1.54, 1.807) is 0 Å². The molecule has 0 N–H and O–H groups in total. The monoisotopic (exact) mass is 724 g/mol. The number of hydrogen-bond acceptors (Lipinski definition) is 2. The van der Waals surface area contributed by atoms with E-state index in [1.807, 2.05) is 24.4 Å². The molecular formula is C55H36N2. The van der Waals surface area contributed by atoms with Crippen molar-refractivity contribution in [2.75, 3.05) is 0 Å². The molecule has 2 aromatic heterocycles. The van der Waals surface area contributed by atoms with E-state index in [9.17, 15) is 0 Å². The molecule has 0 saturated carbocycles. The summed E-state index contributed by atoms with van der Waals surface area (Å²) >= 11 is 0. The second-order valence-corrected chi connectivity index (χ2v) is 14.9. The summed E-state index contributed by atoms with van der Waals surface area (Å²) in [5.74, 6) is 0. The van der Waals surface area contributed by atoms with E-state index in [0.29, 0.717) is 0 Å². The summed E-state index contributed by atoms with van der Waals surface area (Å²) in [6, 6.07) is 77.0. The fourth-order valence-electron chi connectivity index (χ4n) is 9.23. The Labute approximate surface area is 332 Å². The van der Waals surface area contributed by atoms with Crippen molar-refractivity contribution < 1.29 is 0 Å². The molecular weight excluding hydrogens is 689 g/mol. The van der Waals surface area contributed by atoms with Crippen LogP contribution in [0, 0.1) is 0 Å². The zero-order valence-corrected chi connectivity index (χ0v) is 31.2. The molecule has 0 spiro atoms. The van der Waals surface area contributed by atoms with Gasteiger partial charge < -0.3 is 0 Å². The largest absolute Gasteiger partial charge is 0.255 e. The zero-order valence-electron chi connectivity index (χ0n) is 31.2. The first kappa shape index (κ1) is 33.0. The molecule has 0 fully saturated rings. The van der Waals surface area contributed by atoms with Crippen LogP contribution in [0.2, 0.25) is 0 Å². The Kier molecular flexibility index (Phi) is 7.75. The van der Waals surface area contributed by atoms with E-state index in [-0.39, 0.29) is 0 Å². The van der Waals surface area contributed by atoms with Crippen molar-refractivity contribution in [3.05, 3.63) is 241 Å². The van der Waals surface area contributed by atoms with Gasteiger partial charge in [-0.2, -0.15) is 0 Å². The van der Waals surface area contributed by atoms with Crippen molar-refractivity contribution in [3.8, 4) is 55.9 Å². The number of aromatic nitrogens is 2. The molecule has 11 rings (SSSR count). The fourth-order valence-corrected chi connectivity index (χ4v) is 9.23. The first-order valence-electron chi connectivity index (χ1n) is 19.6. The molecule has 0 saturated heterocycles. The lowest BCUT2D eigenvalue weighted by Crippen LogP contribution is -2.28. The summed E-state index contributed by atoms with van der Waals surface area (Å²) in [7, 11) is 0. The average molecular weight is 725 g/mol. The Hall–Kier alpha value is -7.42. The van der Waals surface area contributed by atoms with E-state index in [2.05, 4.69) is 199 Å². The predicted octanol–water partition coefficient (Wildman–Crippen LogP) is 13.8. The van der Waals surface area contributed by atoms with Crippen LogP contribution in [0.5, 0.6) is 0 Å². The van der Waals surface area contributed by atoms with Gasteiger partial charge in [0.2, 0.25) is 0 Å². The standard InChI is InChI=1S/C55H36N2/c1-4-15-37(16-5-1)47-36-53(52-25-12-13-32-56-52)57-51-31-30-41(35-48(47)51)39-26-27-40-34-42(29-28-38(40)33-39)45-22-14-24-50-54(45)46-21-10-11-23-49(46)55(50,43-17-6-2-7-18-43)44-19-8-3-9-20-44/h1-36H. The minimum atomic E-state index is -0.425. The third-order valence-corrected chi connectivity index (χ3v) is 11.8. The lowest BCUT2D eigenvalue weighted by atomic mass is 9.67. The topological polar surface area (TPSA) is 25.8 Å². The Balaban J connectivity index is 1.03. The normalized spacial score (nSPS) is 12.7. The van der Waals surface area contributed by atoms with Gasteiger partial charge in [-0.1, -0.05) is 170 Å². The molecule has 0 aliphatic heterocycles. The van der Waals surface area contributed by atoms with Gasteiger partial charge in [-0.05, 0) is 120 Å². The smallest absolute Gasteiger partial charge is 0.0900 e. The highest BCUT2D eigenvalue weighted by Gasteiger charge is 2.46. The summed E-state index contributed by atoms with van der Waals surface area (Å²) < 4.78 is 0. The summed E-state index contributed by atoms with van der Waals surface area (Å²) in [5.41, 5.74) is 17.2. The maximum absolute atomic E-state index is 5.07. The maximum atomic E-state index is 5.07. The molecule has 8 aromatic carbocycles. The van der Waals surface area contributed by atoms with Crippen LogP contribution in [0.15, 0.2) is 219 Å². The van der Waals surface area contributed by atoms with E-state index in [1.165, 1.54) is 60.8 Å². The second-order valence-electron chi connectivity index (χ2n) is 14.9. The van der Waals surface area contributed by atoms with Crippen LogP contribution in [0.4, 0.5) is 0 Å².